The van der Waals surface area contributed by atoms with Crippen molar-refractivity contribution in [3.8, 4) is 5.75 Å². The van der Waals surface area contributed by atoms with Gasteiger partial charge in [-0.1, -0.05) is 6.07 Å². The first-order chi connectivity index (χ1) is 13.2. The Morgan fingerprint density at radius 3 is 2.64 bits per heavy atom. The predicted molar refractivity (Wildman–Crippen MR) is 92.9 cm³/mol. The van der Waals surface area contributed by atoms with E-state index in [-0.39, 0.29) is 24.3 Å². The molecule has 1 fully saturated rings. The summed E-state index contributed by atoms with van der Waals surface area (Å²) >= 11 is 0. The summed E-state index contributed by atoms with van der Waals surface area (Å²) in [5, 5.41) is 19.6. The highest BCUT2D eigenvalue weighted by molar-refractivity contribution is 5.64. The molecule has 0 bridgehead atoms. The van der Waals surface area contributed by atoms with Crippen molar-refractivity contribution in [1.82, 2.24) is 20.1 Å². The minimum atomic E-state index is -4.42. The highest BCUT2D eigenvalue weighted by atomic mass is 19.4. The maximum absolute atomic E-state index is 12.8. The fraction of sp³-hybridized carbons (Fsp3) is 0.500. The molecule has 3 rings (SSSR count). The number of halogens is 3. The molecule has 0 radical (unpaired) electrons. The number of amides is 1. The number of hydrogen-bond donors (Lipinski definition) is 2. The van der Waals surface area contributed by atoms with Crippen molar-refractivity contribution in [3.63, 3.8) is 0 Å². The van der Waals surface area contributed by atoms with Crippen LogP contribution in [0.15, 0.2) is 24.3 Å². The van der Waals surface area contributed by atoms with Crippen molar-refractivity contribution in [2.45, 2.75) is 50.4 Å². The molecule has 1 aromatic carbocycles. The van der Waals surface area contributed by atoms with Gasteiger partial charge < -0.3 is 19.7 Å². The predicted octanol–water partition coefficient (Wildman–Crippen LogP) is 3.71. The Balaban J connectivity index is 1.61. The zero-order chi connectivity index (χ0) is 20.3. The van der Waals surface area contributed by atoms with Gasteiger partial charge in [0.2, 0.25) is 0 Å². The molecule has 0 unspecified atom stereocenters. The fourth-order valence-corrected chi connectivity index (χ4v) is 3.44. The molecule has 1 aromatic heterocycles. The second kappa shape index (κ2) is 8.07. The van der Waals surface area contributed by atoms with E-state index >= 15 is 0 Å². The summed E-state index contributed by atoms with van der Waals surface area (Å²) < 4.78 is 45.6. The third-order valence-corrected chi connectivity index (χ3v) is 4.95. The van der Waals surface area contributed by atoms with Crippen LogP contribution in [0.1, 0.15) is 48.8 Å². The molecule has 2 aromatic rings. The second-order valence-electron chi connectivity index (χ2n) is 6.85. The van der Waals surface area contributed by atoms with Gasteiger partial charge in [0.05, 0.1) is 5.56 Å². The standard InChI is InChI=1S/C18H21F3N4O3/c1-25-15(10-28-14-4-2-3-12(9-14)18(19,20)21)23-24-16(25)11-5-7-13(8-6-11)22-17(26)27/h2-4,9,11,13,22H,5-8,10H2,1H3,(H,26,27)/t11-,13-. The van der Waals surface area contributed by atoms with Crippen LogP contribution in [0.4, 0.5) is 18.0 Å². The average molecular weight is 398 g/mol. The van der Waals surface area contributed by atoms with Crippen LogP contribution in [0.3, 0.4) is 0 Å². The Morgan fingerprint density at radius 2 is 2.00 bits per heavy atom. The van der Waals surface area contributed by atoms with Gasteiger partial charge in [-0.25, -0.2) is 4.79 Å². The Labute approximate surface area is 159 Å². The van der Waals surface area contributed by atoms with Crippen molar-refractivity contribution in [3.05, 3.63) is 41.5 Å². The van der Waals surface area contributed by atoms with E-state index in [9.17, 15) is 18.0 Å². The molecule has 28 heavy (non-hydrogen) atoms. The summed E-state index contributed by atoms with van der Waals surface area (Å²) in [6, 6.07) is 4.65. The van der Waals surface area contributed by atoms with E-state index in [1.54, 1.807) is 11.6 Å². The summed E-state index contributed by atoms with van der Waals surface area (Å²) in [6.45, 7) is 0.000719. The van der Waals surface area contributed by atoms with E-state index in [1.165, 1.54) is 12.1 Å². The van der Waals surface area contributed by atoms with Gasteiger partial charge in [-0.05, 0) is 43.9 Å². The summed E-state index contributed by atoms with van der Waals surface area (Å²) in [6.07, 6.45) is -2.43. The van der Waals surface area contributed by atoms with Crippen molar-refractivity contribution < 1.29 is 27.8 Å². The van der Waals surface area contributed by atoms with Gasteiger partial charge in [-0.3, -0.25) is 0 Å². The number of carbonyl (C=O) groups is 1. The van der Waals surface area contributed by atoms with Crippen LogP contribution in [0.2, 0.25) is 0 Å². The van der Waals surface area contributed by atoms with Crippen molar-refractivity contribution in [2.75, 3.05) is 0 Å². The summed E-state index contributed by atoms with van der Waals surface area (Å²) in [7, 11) is 1.79. The number of ether oxygens (including phenoxy) is 1. The fourth-order valence-electron chi connectivity index (χ4n) is 3.44. The van der Waals surface area contributed by atoms with E-state index in [0.717, 1.165) is 43.6 Å². The number of nitrogens with zero attached hydrogens (tertiary/aromatic N) is 3. The van der Waals surface area contributed by atoms with Crippen LogP contribution < -0.4 is 10.1 Å². The lowest BCUT2D eigenvalue weighted by Crippen LogP contribution is -2.36. The van der Waals surface area contributed by atoms with Crippen LogP contribution in [0, 0.1) is 0 Å². The Bertz CT molecular complexity index is 830. The minimum Gasteiger partial charge on any atom is -0.486 e. The number of rotatable bonds is 5. The zero-order valence-electron chi connectivity index (χ0n) is 15.2. The highest BCUT2D eigenvalue weighted by Crippen LogP contribution is 2.33. The smallest absolute Gasteiger partial charge is 0.416 e. The summed E-state index contributed by atoms with van der Waals surface area (Å²) in [5.74, 6) is 1.56. The number of carboxylic acid groups (broad SMARTS) is 1. The van der Waals surface area contributed by atoms with Crippen molar-refractivity contribution >= 4 is 6.09 Å². The molecule has 1 aliphatic rings. The third kappa shape index (κ3) is 4.73. The maximum Gasteiger partial charge on any atom is 0.416 e. The van der Waals surface area contributed by atoms with E-state index in [2.05, 4.69) is 15.5 Å². The van der Waals surface area contributed by atoms with Gasteiger partial charge >= 0.3 is 12.3 Å². The molecule has 1 saturated carbocycles. The van der Waals surface area contributed by atoms with E-state index in [4.69, 9.17) is 9.84 Å². The zero-order valence-corrected chi connectivity index (χ0v) is 15.2. The minimum absolute atomic E-state index is 0.000719. The third-order valence-electron chi connectivity index (χ3n) is 4.95. The number of nitrogens with one attached hydrogen (secondary N) is 1. The Morgan fingerprint density at radius 1 is 1.29 bits per heavy atom. The van der Waals surface area contributed by atoms with Crippen molar-refractivity contribution in [2.24, 2.45) is 7.05 Å². The lowest BCUT2D eigenvalue weighted by molar-refractivity contribution is -0.137. The molecule has 0 atom stereocenters. The molecular weight excluding hydrogens is 377 g/mol. The number of benzene rings is 1. The van der Waals surface area contributed by atoms with Crippen LogP contribution >= 0.6 is 0 Å². The highest BCUT2D eigenvalue weighted by Gasteiger charge is 2.31. The lowest BCUT2D eigenvalue weighted by atomic mass is 9.85. The molecule has 10 heteroatoms. The van der Waals surface area contributed by atoms with E-state index in [0.29, 0.717) is 5.82 Å². The van der Waals surface area contributed by atoms with Gasteiger partial charge in [-0.15, -0.1) is 10.2 Å². The Hall–Kier alpha value is -2.78. The molecule has 0 spiro atoms. The molecule has 0 aliphatic heterocycles. The van der Waals surface area contributed by atoms with E-state index in [1.807, 2.05) is 0 Å². The summed E-state index contributed by atoms with van der Waals surface area (Å²) in [5.41, 5.74) is -0.768. The van der Waals surface area contributed by atoms with Gasteiger partial charge in [0.15, 0.2) is 5.82 Å². The van der Waals surface area contributed by atoms with Gasteiger partial charge in [0.1, 0.15) is 18.2 Å². The molecule has 1 aliphatic carbocycles. The molecule has 2 N–H and O–H groups in total. The maximum atomic E-state index is 12.8. The molecule has 1 heterocycles. The normalized spacial score (nSPS) is 20.0. The SMILES string of the molecule is Cn1c(COc2cccc(C(F)(F)F)c2)nnc1[C@H]1CC[C@H](NC(=O)O)CC1. The van der Waals surface area contributed by atoms with Crippen LogP contribution in [0.5, 0.6) is 5.75 Å². The number of hydrogen-bond acceptors (Lipinski definition) is 4. The van der Waals surface area contributed by atoms with Crippen LogP contribution in [-0.2, 0) is 19.8 Å². The molecule has 0 saturated heterocycles. The quantitative estimate of drug-likeness (QED) is 0.802. The molecular formula is C18H21F3N4O3. The van der Waals surface area contributed by atoms with Crippen LogP contribution in [-0.4, -0.2) is 32.0 Å². The second-order valence-corrected chi connectivity index (χ2v) is 6.85. The summed E-state index contributed by atoms with van der Waals surface area (Å²) in [4.78, 5) is 10.7. The largest absolute Gasteiger partial charge is 0.486 e. The molecule has 7 nitrogen and oxygen atoms in total. The topological polar surface area (TPSA) is 89.3 Å². The van der Waals surface area contributed by atoms with Crippen LogP contribution in [0.25, 0.3) is 0 Å². The average Bonchev–Trinajstić information content (AvgIpc) is 3.00. The van der Waals surface area contributed by atoms with Gasteiger partial charge in [0, 0.05) is 19.0 Å². The Kier molecular flexibility index (Phi) is 5.76. The monoisotopic (exact) mass is 398 g/mol. The first-order valence-electron chi connectivity index (χ1n) is 8.91. The van der Waals surface area contributed by atoms with Crippen molar-refractivity contribution in [1.29, 1.82) is 0 Å². The van der Waals surface area contributed by atoms with Gasteiger partial charge in [0.25, 0.3) is 0 Å². The van der Waals surface area contributed by atoms with Gasteiger partial charge in [-0.2, -0.15) is 13.2 Å². The lowest BCUT2D eigenvalue weighted by Gasteiger charge is -2.27. The first kappa shape index (κ1) is 20.0. The molecule has 1 amide bonds. The first-order valence-corrected chi connectivity index (χ1v) is 8.91. The number of aromatic nitrogens is 3. The van der Waals surface area contributed by atoms with E-state index < -0.39 is 17.8 Å². The number of alkyl halides is 3. The molecule has 152 valence electrons.